The number of amides is 1. The van der Waals surface area contributed by atoms with Crippen LogP contribution in [0.1, 0.15) is 48.6 Å². The van der Waals surface area contributed by atoms with Gasteiger partial charge in [-0.05, 0) is 50.6 Å². The summed E-state index contributed by atoms with van der Waals surface area (Å²) in [6, 6.07) is 3.14. The summed E-state index contributed by atoms with van der Waals surface area (Å²) in [6.45, 7) is 3.14. The predicted octanol–water partition coefficient (Wildman–Crippen LogP) is 1.62. The standard InChI is InChI=1S/C16H24N4O/c17-12-7-15(20(10-12)14-3-4-14)16(21)18-8-11-5-6-19(9-11)13-1-2-13/h7,10-11,13-14H,1-6,8-9,17H2,(H,18,21). The van der Waals surface area contributed by atoms with Crippen molar-refractivity contribution in [1.82, 2.24) is 14.8 Å². The lowest BCUT2D eigenvalue weighted by Gasteiger charge is -2.15. The minimum absolute atomic E-state index is 0.0310. The molecule has 5 heteroatoms. The highest BCUT2D eigenvalue weighted by atomic mass is 16.1. The van der Waals surface area contributed by atoms with Gasteiger partial charge in [0, 0.05) is 31.4 Å². The van der Waals surface area contributed by atoms with Gasteiger partial charge in [0.1, 0.15) is 5.69 Å². The second kappa shape index (κ2) is 5.05. The highest BCUT2D eigenvalue weighted by Crippen LogP contribution is 2.37. The zero-order valence-corrected chi connectivity index (χ0v) is 12.4. The van der Waals surface area contributed by atoms with Crippen LogP contribution in [-0.2, 0) is 0 Å². The molecule has 2 aliphatic carbocycles. The summed E-state index contributed by atoms with van der Waals surface area (Å²) < 4.78 is 2.05. The summed E-state index contributed by atoms with van der Waals surface area (Å²) in [5, 5.41) is 3.12. The summed E-state index contributed by atoms with van der Waals surface area (Å²) in [5.41, 5.74) is 7.27. The van der Waals surface area contributed by atoms with E-state index in [1.807, 2.05) is 6.20 Å². The Morgan fingerprint density at radius 3 is 2.71 bits per heavy atom. The van der Waals surface area contributed by atoms with Crippen LogP contribution in [0.3, 0.4) is 0 Å². The highest BCUT2D eigenvalue weighted by Gasteiger charge is 2.34. The molecule has 2 heterocycles. The minimum Gasteiger partial charge on any atom is -0.397 e. The first-order valence-corrected chi connectivity index (χ1v) is 8.20. The summed E-state index contributed by atoms with van der Waals surface area (Å²) in [4.78, 5) is 15.0. The van der Waals surface area contributed by atoms with Crippen molar-refractivity contribution in [2.24, 2.45) is 5.92 Å². The molecule has 3 N–H and O–H groups in total. The number of rotatable bonds is 5. The van der Waals surface area contributed by atoms with Gasteiger partial charge in [0.2, 0.25) is 0 Å². The van der Waals surface area contributed by atoms with Gasteiger partial charge in [0.25, 0.3) is 5.91 Å². The monoisotopic (exact) mass is 288 g/mol. The van der Waals surface area contributed by atoms with Crippen molar-refractivity contribution >= 4 is 11.6 Å². The van der Waals surface area contributed by atoms with E-state index in [2.05, 4.69) is 14.8 Å². The first-order valence-electron chi connectivity index (χ1n) is 8.20. The van der Waals surface area contributed by atoms with Crippen molar-refractivity contribution in [2.75, 3.05) is 25.4 Å². The molecule has 0 spiro atoms. The van der Waals surface area contributed by atoms with E-state index >= 15 is 0 Å². The van der Waals surface area contributed by atoms with Gasteiger partial charge in [-0.25, -0.2) is 0 Å². The van der Waals surface area contributed by atoms with Crippen LogP contribution < -0.4 is 11.1 Å². The van der Waals surface area contributed by atoms with Crippen molar-refractivity contribution in [3.05, 3.63) is 18.0 Å². The third-order valence-electron chi connectivity index (χ3n) is 4.97. The van der Waals surface area contributed by atoms with E-state index in [4.69, 9.17) is 5.73 Å². The largest absolute Gasteiger partial charge is 0.397 e. The third kappa shape index (κ3) is 2.79. The second-order valence-electron chi connectivity index (χ2n) is 6.89. The van der Waals surface area contributed by atoms with E-state index in [0.29, 0.717) is 17.6 Å². The molecule has 4 rings (SSSR count). The molecule has 1 atom stereocenters. The highest BCUT2D eigenvalue weighted by molar-refractivity contribution is 5.93. The number of carbonyl (C=O) groups is 1. The molecular weight excluding hydrogens is 264 g/mol. The normalized spacial score (nSPS) is 26.2. The summed E-state index contributed by atoms with van der Waals surface area (Å²) >= 11 is 0. The van der Waals surface area contributed by atoms with Crippen LogP contribution in [0.25, 0.3) is 0 Å². The average molecular weight is 288 g/mol. The van der Waals surface area contributed by atoms with Crippen LogP contribution in [0.2, 0.25) is 0 Å². The van der Waals surface area contributed by atoms with Crippen molar-refractivity contribution < 1.29 is 4.79 Å². The number of hydrogen-bond donors (Lipinski definition) is 2. The molecule has 1 aromatic rings. The van der Waals surface area contributed by atoms with Crippen LogP contribution in [0.4, 0.5) is 5.69 Å². The van der Waals surface area contributed by atoms with Gasteiger partial charge in [-0.15, -0.1) is 0 Å². The number of nitrogens with zero attached hydrogens (tertiary/aromatic N) is 2. The van der Waals surface area contributed by atoms with Crippen molar-refractivity contribution in [3.8, 4) is 0 Å². The molecule has 1 saturated heterocycles. The maximum absolute atomic E-state index is 12.4. The Kier molecular flexibility index (Phi) is 3.17. The molecule has 1 amide bonds. The lowest BCUT2D eigenvalue weighted by atomic mass is 10.1. The maximum atomic E-state index is 12.4. The fourth-order valence-corrected chi connectivity index (χ4v) is 3.47. The fourth-order valence-electron chi connectivity index (χ4n) is 3.47. The Bertz CT molecular complexity index is 544. The quantitative estimate of drug-likeness (QED) is 0.865. The second-order valence-corrected chi connectivity index (χ2v) is 6.89. The number of nitrogen functional groups attached to an aromatic ring is 1. The van der Waals surface area contributed by atoms with Crippen LogP contribution in [0, 0.1) is 5.92 Å². The molecule has 114 valence electrons. The van der Waals surface area contributed by atoms with E-state index in [9.17, 15) is 4.79 Å². The number of nitrogens with two attached hydrogens (primary N) is 1. The van der Waals surface area contributed by atoms with E-state index in [1.54, 1.807) is 6.07 Å². The Morgan fingerprint density at radius 2 is 2.00 bits per heavy atom. The fraction of sp³-hybridized carbons (Fsp3) is 0.688. The van der Waals surface area contributed by atoms with Gasteiger partial charge in [0.15, 0.2) is 0 Å². The smallest absolute Gasteiger partial charge is 0.268 e. The number of nitrogens with one attached hydrogen (secondary N) is 1. The van der Waals surface area contributed by atoms with E-state index in [-0.39, 0.29) is 5.91 Å². The molecule has 5 nitrogen and oxygen atoms in total. The number of hydrogen-bond acceptors (Lipinski definition) is 3. The van der Waals surface area contributed by atoms with E-state index < -0.39 is 0 Å². The molecule has 0 aromatic carbocycles. The molecule has 0 bridgehead atoms. The lowest BCUT2D eigenvalue weighted by Crippen LogP contribution is -2.32. The maximum Gasteiger partial charge on any atom is 0.268 e. The van der Waals surface area contributed by atoms with Crippen LogP contribution in [0.5, 0.6) is 0 Å². The molecule has 3 fully saturated rings. The first kappa shape index (κ1) is 13.2. The molecule has 1 aromatic heterocycles. The molecule has 2 saturated carbocycles. The zero-order chi connectivity index (χ0) is 14.4. The number of aromatic nitrogens is 1. The molecule has 3 aliphatic rings. The van der Waals surface area contributed by atoms with Crippen LogP contribution in [-0.4, -0.2) is 41.1 Å². The molecule has 1 unspecified atom stereocenters. The van der Waals surface area contributed by atoms with Crippen molar-refractivity contribution in [1.29, 1.82) is 0 Å². The number of likely N-dealkylation sites (tertiary alicyclic amines) is 1. The molecular formula is C16H24N4O. The summed E-state index contributed by atoms with van der Waals surface area (Å²) in [7, 11) is 0. The lowest BCUT2D eigenvalue weighted by molar-refractivity contribution is 0.0938. The van der Waals surface area contributed by atoms with E-state index in [0.717, 1.165) is 37.7 Å². The zero-order valence-electron chi connectivity index (χ0n) is 12.4. The number of carbonyl (C=O) groups excluding carboxylic acids is 1. The Hall–Kier alpha value is -1.49. The van der Waals surface area contributed by atoms with Crippen LogP contribution in [0.15, 0.2) is 12.3 Å². The van der Waals surface area contributed by atoms with Crippen molar-refractivity contribution in [2.45, 2.75) is 44.2 Å². The van der Waals surface area contributed by atoms with Gasteiger partial charge in [0.05, 0.1) is 5.69 Å². The first-order chi connectivity index (χ1) is 10.2. The van der Waals surface area contributed by atoms with Gasteiger partial charge >= 0.3 is 0 Å². The van der Waals surface area contributed by atoms with Crippen molar-refractivity contribution in [3.63, 3.8) is 0 Å². The minimum atomic E-state index is 0.0310. The average Bonchev–Trinajstić information content (AvgIpc) is 3.40. The Morgan fingerprint density at radius 1 is 1.24 bits per heavy atom. The van der Waals surface area contributed by atoms with Gasteiger partial charge in [-0.1, -0.05) is 0 Å². The molecule has 1 aliphatic heterocycles. The number of anilines is 1. The van der Waals surface area contributed by atoms with Gasteiger partial charge < -0.3 is 20.5 Å². The summed E-state index contributed by atoms with van der Waals surface area (Å²) in [5.74, 6) is 0.639. The predicted molar refractivity (Wildman–Crippen MR) is 82.2 cm³/mol. The van der Waals surface area contributed by atoms with Gasteiger partial charge in [-0.2, -0.15) is 0 Å². The third-order valence-corrected chi connectivity index (χ3v) is 4.97. The summed E-state index contributed by atoms with van der Waals surface area (Å²) in [6.07, 6.45) is 8.17. The van der Waals surface area contributed by atoms with E-state index in [1.165, 1.54) is 25.8 Å². The molecule has 21 heavy (non-hydrogen) atoms. The van der Waals surface area contributed by atoms with Gasteiger partial charge in [-0.3, -0.25) is 4.79 Å². The Balaban J connectivity index is 1.33. The van der Waals surface area contributed by atoms with Crippen LogP contribution >= 0.6 is 0 Å². The Labute approximate surface area is 125 Å². The SMILES string of the molecule is Nc1cc(C(=O)NCC2CCN(C3CC3)C2)n(C2CC2)c1. The molecule has 0 radical (unpaired) electrons. The topological polar surface area (TPSA) is 63.3 Å².